The van der Waals surface area contributed by atoms with Crippen molar-refractivity contribution in [1.82, 2.24) is 10.3 Å². The first-order valence-electron chi connectivity index (χ1n) is 5.71. The Balaban J connectivity index is 1.93. The van der Waals surface area contributed by atoms with Crippen LogP contribution in [0.4, 0.5) is 5.69 Å². The molecule has 98 valence electrons. The lowest BCUT2D eigenvalue weighted by Crippen LogP contribution is -2.38. The van der Waals surface area contributed by atoms with Gasteiger partial charge in [0.2, 0.25) is 5.88 Å². The van der Waals surface area contributed by atoms with Gasteiger partial charge in [0.25, 0.3) is 5.69 Å². The zero-order valence-corrected chi connectivity index (χ0v) is 11.5. The number of hydrogen-bond donors (Lipinski definition) is 1. The van der Waals surface area contributed by atoms with E-state index in [2.05, 4.69) is 26.2 Å². The van der Waals surface area contributed by atoms with Crippen LogP contribution in [0, 0.1) is 16.0 Å². The van der Waals surface area contributed by atoms with Crippen molar-refractivity contribution in [3.63, 3.8) is 0 Å². The molecule has 1 aromatic rings. The summed E-state index contributed by atoms with van der Waals surface area (Å²) in [6.45, 7) is 0.995. The molecule has 1 saturated carbocycles. The van der Waals surface area contributed by atoms with E-state index in [1.54, 1.807) is 0 Å². The lowest BCUT2D eigenvalue weighted by atomic mass is 9.82. The predicted molar refractivity (Wildman–Crippen MR) is 69.7 cm³/mol. The molecule has 1 N–H and O–H groups in total. The number of aromatic nitrogens is 1. The van der Waals surface area contributed by atoms with E-state index in [-0.39, 0.29) is 11.8 Å². The van der Waals surface area contributed by atoms with Crippen LogP contribution < -0.4 is 10.1 Å². The summed E-state index contributed by atoms with van der Waals surface area (Å²) in [5.41, 5.74) is -0.0455. The van der Waals surface area contributed by atoms with E-state index in [1.807, 2.05) is 7.05 Å². The average molecular weight is 316 g/mol. The molecular weight excluding hydrogens is 302 g/mol. The fraction of sp³-hybridized carbons (Fsp3) is 0.545. The summed E-state index contributed by atoms with van der Waals surface area (Å²) < 4.78 is 6.21. The third-order valence-electron chi connectivity index (χ3n) is 2.97. The normalized spacial score (nSPS) is 22.3. The van der Waals surface area contributed by atoms with Gasteiger partial charge in [-0.05, 0) is 48.3 Å². The molecule has 0 unspecified atom stereocenters. The summed E-state index contributed by atoms with van der Waals surface area (Å²) in [6.07, 6.45) is 3.36. The summed E-state index contributed by atoms with van der Waals surface area (Å²) in [7, 11) is 1.93. The summed E-state index contributed by atoms with van der Waals surface area (Å²) in [6, 6.07) is 1.41. The first-order chi connectivity index (χ1) is 8.60. The Labute approximate surface area is 113 Å². The highest BCUT2D eigenvalue weighted by Crippen LogP contribution is 2.33. The molecule has 1 aromatic heterocycles. The molecule has 0 bridgehead atoms. The quantitative estimate of drug-likeness (QED) is 0.665. The van der Waals surface area contributed by atoms with Crippen molar-refractivity contribution in [2.45, 2.75) is 18.9 Å². The van der Waals surface area contributed by atoms with Crippen LogP contribution in [0.3, 0.4) is 0 Å². The number of nitro groups is 1. The summed E-state index contributed by atoms with van der Waals surface area (Å²) >= 11 is 3.24. The Kier molecular flexibility index (Phi) is 4.13. The lowest BCUT2D eigenvalue weighted by Gasteiger charge is -2.34. The number of nitrogens with zero attached hydrogens (tertiary/aromatic N) is 2. The van der Waals surface area contributed by atoms with Gasteiger partial charge >= 0.3 is 0 Å². The Hall–Kier alpha value is -1.21. The van der Waals surface area contributed by atoms with Crippen LogP contribution in [0.5, 0.6) is 5.88 Å². The number of halogens is 1. The van der Waals surface area contributed by atoms with Gasteiger partial charge in [-0.25, -0.2) is 4.98 Å². The Morgan fingerprint density at radius 2 is 2.39 bits per heavy atom. The van der Waals surface area contributed by atoms with Crippen LogP contribution in [-0.4, -0.2) is 29.6 Å². The molecule has 1 fully saturated rings. The topological polar surface area (TPSA) is 77.3 Å². The van der Waals surface area contributed by atoms with Gasteiger partial charge in [-0.3, -0.25) is 10.1 Å². The van der Waals surface area contributed by atoms with Crippen molar-refractivity contribution in [3.8, 4) is 5.88 Å². The molecule has 18 heavy (non-hydrogen) atoms. The molecule has 0 aromatic carbocycles. The summed E-state index contributed by atoms with van der Waals surface area (Å²) in [5, 5.41) is 13.7. The van der Waals surface area contributed by atoms with Crippen molar-refractivity contribution >= 4 is 21.6 Å². The van der Waals surface area contributed by atoms with Gasteiger partial charge in [-0.1, -0.05) is 0 Å². The van der Waals surface area contributed by atoms with Gasteiger partial charge in [0.1, 0.15) is 12.3 Å². The van der Waals surface area contributed by atoms with E-state index >= 15 is 0 Å². The van der Waals surface area contributed by atoms with Gasteiger partial charge in [0.15, 0.2) is 0 Å². The van der Waals surface area contributed by atoms with Crippen molar-refractivity contribution in [2.24, 2.45) is 5.92 Å². The molecule has 1 aliphatic carbocycles. The zero-order valence-electron chi connectivity index (χ0n) is 9.93. The SMILES string of the molecule is CNCC1CC(Oc2ncc([N+](=O)[O-])cc2Br)C1. The number of nitrogens with one attached hydrogen (secondary N) is 1. The molecule has 0 aliphatic heterocycles. The largest absolute Gasteiger partial charge is 0.474 e. The second kappa shape index (κ2) is 5.62. The van der Waals surface area contributed by atoms with E-state index in [0.717, 1.165) is 19.4 Å². The Bertz CT molecular complexity index is 449. The van der Waals surface area contributed by atoms with E-state index in [0.29, 0.717) is 16.3 Å². The zero-order chi connectivity index (χ0) is 13.1. The smallest absolute Gasteiger partial charge is 0.288 e. The second-order valence-electron chi connectivity index (χ2n) is 4.37. The van der Waals surface area contributed by atoms with E-state index < -0.39 is 4.92 Å². The Morgan fingerprint density at radius 1 is 1.67 bits per heavy atom. The Morgan fingerprint density at radius 3 is 2.94 bits per heavy atom. The van der Waals surface area contributed by atoms with Crippen LogP contribution in [0.1, 0.15) is 12.8 Å². The maximum Gasteiger partial charge on any atom is 0.288 e. The first-order valence-corrected chi connectivity index (χ1v) is 6.50. The number of rotatable bonds is 5. The monoisotopic (exact) mass is 315 g/mol. The van der Waals surface area contributed by atoms with Gasteiger partial charge in [0, 0.05) is 6.07 Å². The van der Waals surface area contributed by atoms with E-state index in [1.165, 1.54) is 12.3 Å². The number of hydrogen-bond acceptors (Lipinski definition) is 5. The third-order valence-corrected chi connectivity index (χ3v) is 3.54. The second-order valence-corrected chi connectivity index (χ2v) is 5.23. The van der Waals surface area contributed by atoms with Crippen molar-refractivity contribution in [1.29, 1.82) is 0 Å². The van der Waals surface area contributed by atoms with E-state index in [4.69, 9.17) is 4.74 Å². The third kappa shape index (κ3) is 2.97. The highest BCUT2D eigenvalue weighted by atomic mass is 79.9. The molecule has 0 radical (unpaired) electrons. The minimum Gasteiger partial charge on any atom is -0.474 e. The molecule has 6 nitrogen and oxygen atoms in total. The molecule has 0 spiro atoms. The average Bonchev–Trinajstić information content (AvgIpc) is 2.28. The first kappa shape index (κ1) is 13.2. The van der Waals surface area contributed by atoms with Crippen LogP contribution >= 0.6 is 15.9 Å². The maximum atomic E-state index is 10.6. The summed E-state index contributed by atoms with van der Waals surface area (Å²) in [4.78, 5) is 14.1. The minimum absolute atomic E-state index is 0.0455. The van der Waals surface area contributed by atoms with Gasteiger partial charge in [-0.2, -0.15) is 0 Å². The van der Waals surface area contributed by atoms with Crippen molar-refractivity contribution < 1.29 is 9.66 Å². The molecular formula is C11H14BrN3O3. The van der Waals surface area contributed by atoms with Crippen LogP contribution in [0.2, 0.25) is 0 Å². The fourth-order valence-electron chi connectivity index (χ4n) is 1.99. The highest BCUT2D eigenvalue weighted by Gasteiger charge is 2.31. The van der Waals surface area contributed by atoms with Crippen LogP contribution in [-0.2, 0) is 0 Å². The molecule has 2 rings (SSSR count). The maximum absolute atomic E-state index is 10.6. The molecule has 1 heterocycles. The molecule has 0 saturated heterocycles. The molecule has 0 atom stereocenters. The standard InChI is InChI=1S/C11H14BrN3O3/c1-13-5-7-2-9(3-7)18-11-10(12)4-8(6-14-11)15(16)17/h4,6-7,9,13H,2-3,5H2,1H3. The van der Waals surface area contributed by atoms with Crippen LogP contribution in [0.25, 0.3) is 0 Å². The molecule has 7 heteroatoms. The predicted octanol–water partition coefficient (Wildman–Crippen LogP) is 2.13. The van der Waals surface area contributed by atoms with Gasteiger partial charge in [0.05, 0.1) is 9.40 Å². The molecule has 1 aliphatic rings. The summed E-state index contributed by atoms with van der Waals surface area (Å²) in [5.74, 6) is 1.07. The minimum atomic E-state index is -0.478. The van der Waals surface area contributed by atoms with E-state index in [9.17, 15) is 10.1 Å². The van der Waals surface area contributed by atoms with Gasteiger partial charge in [-0.15, -0.1) is 0 Å². The fourth-order valence-corrected chi connectivity index (χ4v) is 2.42. The lowest BCUT2D eigenvalue weighted by molar-refractivity contribution is -0.385. The van der Waals surface area contributed by atoms with Gasteiger partial charge < -0.3 is 10.1 Å². The number of pyridine rings is 1. The molecule has 0 amide bonds. The van der Waals surface area contributed by atoms with Crippen LogP contribution in [0.15, 0.2) is 16.7 Å². The van der Waals surface area contributed by atoms with Crippen molar-refractivity contribution in [3.05, 3.63) is 26.9 Å². The van der Waals surface area contributed by atoms with Crippen molar-refractivity contribution in [2.75, 3.05) is 13.6 Å². The number of ether oxygens (including phenoxy) is 1. The highest BCUT2D eigenvalue weighted by molar-refractivity contribution is 9.10.